The molecule has 4 heteroatoms. The Morgan fingerprint density at radius 1 is 1.38 bits per heavy atom. The van der Waals surface area contributed by atoms with Crippen LogP contribution in [0.4, 0.5) is 0 Å². The number of hydrogen-bond acceptors (Lipinski definition) is 2. The highest BCUT2D eigenvalue weighted by Crippen LogP contribution is 2.08. The molecule has 0 aromatic heterocycles. The van der Waals surface area contributed by atoms with Crippen LogP contribution in [0, 0.1) is 22.0 Å². The molecule has 0 fully saturated rings. The molecule has 0 radical (unpaired) electrons. The summed E-state index contributed by atoms with van der Waals surface area (Å²) in [6, 6.07) is 6.82. The van der Waals surface area contributed by atoms with Gasteiger partial charge in [-0.3, -0.25) is 10.1 Å². The van der Waals surface area contributed by atoms with E-state index in [9.17, 15) is 10.1 Å². The van der Waals surface area contributed by atoms with Crippen LogP contribution in [0.25, 0.3) is 0 Å². The van der Waals surface area contributed by atoms with Gasteiger partial charge < -0.3 is 0 Å². The van der Waals surface area contributed by atoms with E-state index >= 15 is 0 Å². The van der Waals surface area contributed by atoms with Gasteiger partial charge in [0.05, 0.1) is 0 Å². The topological polar surface area (TPSA) is 43.1 Å². The monoisotopic (exact) mass is 195 g/mol. The Morgan fingerprint density at radius 2 is 2.00 bits per heavy atom. The van der Waals surface area contributed by atoms with Crippen LogP contribution in [0.1, 0.15) is 5.56 Å². The second-order valence-electron chi connectivity index (χ2n) is 2.30. The Bertz CT molecular complexity index is 361. The average Bonchev–Trinajstić information content (AvgIpc) is 2.08. The summed E-state index contributed by atoms with van der Waals surface area (Å²) < 4.78 is 0. The molecule has 0 saturated heterocycles. The average molecular weight is 196 g/mol. The van der Waals surface area contributed by atoms with Crippen molar-refractivity contribution in [2.45, 2.75) is 0 Å². The van der Waals surface area contributed by atoms with E-state index < -0.39 is 4.92 Å². The fourth-order valence-electron chi connectivity index (χ4n) is 0.739. The van der Waals surface area contributed by atoms with Crippen molar-refractivity contribution in [2.24, 2.45) is 0 Å². The molecule has 66 valence electrons. The van der Waals surface area contributed by atoms with Crippen molar-refractivity contribution < 1.29 is 4.92 Å². The molecule has 0 aliphatic carbocycles. The predicted molar refractivity (Wildman–Crippen MR) is 50.2 cm³/mol. The molecule has 0 aliphatic rings. The highest BCUT2D eigenvalue weighted by molar-refractivity contribution is 6.30. The second kappa shape index (κ2) is 4.48. The van der Waals surface area contributed by atoms with Gasteiger partial charge in [-0.25, -0.2) is 0 Å². The molecule has 0 saturated carbocycles. The van der Waals surface area contributed by atoms with E-state index in [4.69, 9.17) is 11.6 Å². The maximum Gasteiger partial charge on any atom is 0.263 e. The first kappa shape index (κ1) is 9.56. The highest BCUT2D eigenvalue weighted by Gasteiger charge is 1.89. The van der Waals surface area contributed by atoms with Gasteiger partial charge >= 0.3 is 0 Å². The number of halogens is 1. The zero-order valence-corrected chi connectivity index (χ0v) is 7.41. The Hall–Kier alpha value is -1.53. The molecule has 0 spiro atoms. The summed E-state index contributed by atoms with van der Waals surface area (Å²) >= 11 is 5.64. The molecular weight excluding hydrogens is 190 g/mol. The number of rotatable bonds is 1. The lowest BCUT2D eigenvalue weighted by Crippen LogP contribution is -1.96. The Kier molecular flexibility index (Phi) is 3.30. The summed E-state index contributed by atoms with van der Waals surface area (Å²) in [5.74, 6) is 5.08. The smallest absolute Gasteiger partial charge is 0.263 e. The molecule has 0 heterocycles. The molecule has 0 atom stereocenters. The largest absolute Gasteiger partial charge is 0.264 e. The fraction of sp³-hybridized carbons (Fsp3) is 0.111. The summed E-state index contributed by atoms with van der Waals surface area (Å²) in [7, 11) is 0. The van der Waals surface area contributed by atoms with Gasteiger partial charge in [-0.15, -0.1) is 0 Å². The van der Waals surface area contributed by atoms with Crippen LogP contribution in [0.5, 0.6) is 0 Å². The van der Waals surface area contributed by atoms with Crippen molar-refractivity contribution in [3.63, 3.8) is 0 Å². The van der Waals surface area contributed by atoms with Gasteiger partial charge in [0.2, 0.25) is 0 Å². The maximum atomic E-state index is 9.93. The van der Waals surface area contributed by atoms with Gasteiger partial charge in [-0.05, 0) is 30.2 Å². The van der Waals surface area contributed by atoms with Crippen LogP contribution in [0.15, 0.2) is 24.3 Å². The number of hydrogen-bond donors (Lipinski definition) is 0. The van der Waals surface area contributed by atoms with Crippen LogP contribution in [-0.4, -0.2) is 11.5 Å². The van der Waals surface area contributed by atoms with Crippen LogP contribution >= 0.6 is 11.6 Å². The third kappa shape index (κ3) is 3.59. The minimum Gasteiger partial charge on any atom is -0.264 e. The summed E-state index contributed by atoms with van der Waals surface area (Å²) in [6.07, 6.45) is 0. The van der Waals surface area contributed by atoms with Gasteiger partial charge in [0.25, 0.3) is 6.54 Å². The number of nitrogens with zero attached hydrogens (tertiary/aromatic N) is 1. The van der Waals surface area contributed by atoms with E-state index in [0.717, 1.165) is 5.56 Å². The van der Waals surface area contributed by atoms with Crippen LogP contribution in [-0.2, 0) is 0 Å². The van der Waals surface area contributed by atoms with E-state index in [0.29, 0.717) is 5.02 Å². The normalized spacial score (nSPS) is 8.69. The first-order valence-electron chi connectivity index (χ1n) is 3.55. The summed E-state index contributed by atoms with van der Waals surface area (Å²) in [4.78, 5) is 9.46. The number of benzene rings is 1. The summed E-state index contributed by atoms with van der Waals surface area (Å²) in [5.41, 5.74) is 0.728. The lowest BCUT2D eigenvalue weighted by molar-refractivity contribution is -0.466. The molecule has 0 N–H and O–H groups in total. The van der Waals surface area contributed by atoms with E-state index in [1.165, 1.54) is 0 Å². The molecular formula is C9H6ClNO2. The third-order valence-electron chi connectivity index (χ3n) is 1.29. The fourth-order valence-corrected chi connectivity index (χ4v) is 0.865. The minimum atomic E-state index is -0.469. The van der Waals surface area contributed by atoms with Gasteiger partial charge in [-0.1, -0.05) is 17.5 Å². The standard InChI is InChI=1S/C9H6ClNO2/c10-9-5-3-8(4-6-9)2-1-7-11(12)13/h3-6H,7H2. The van der Waals surface area contributed by atoms with Crippen molar-refractivity contribution in [1.82, 2.24) is 0 Å². The third-order valence-corrected chi connectivity index (χ3v) is 1.54. The van der Waals surface area contributed by atoms with E-state index in [-0.39, 0.29) is 6.54 Å². The lowest BCUT2D eigenvalue weighted by Gasteiger charge is -1.88. The maximum absolute atomic E-state index is 9.93. The van der Waals surface area contributed by atoms with Gasteiger partial charge in [0.1, 0.15) is 0 Å². The van der Waals surface area contributed by atoms with Crippen molar-refractivity contribution in [3.8, 4) is 11.8 Å². The molecule has 0 aliphatic heterocycles. The Morgan fingerprint density at radius 3 is 2.54 bits per heavy atom. The molecule has 0 unspecified atom stereocenters. The quantitative estimate of drug-likeness (QED) is 0.391. The van der Waals surface area contributed by atoms with Gasteiger partial charge in [0.15, 0.2) is 0 Å². The van der Waals surface area contributed by atoms with E-state index in [1.54, 1.807) is 24.3 Å². The molecule has 1 aromatic rings. The summed E-state index contributed by atoms with van der Waals surface area (Å²) in [6.45, 7) is -0.331. The minimum absolute atomic E-state index is 0.331. The van der Waals surface area contributed by atoms with Crippen molar-refractivity contribution in [3.05, 3.63) is 45.0 Å². The zero-order chi connectivity index (χ0) is 9.68. The molecule has 3 nitrogen and oxygen atoms in total. The Balaban J connectivity index is 2.67. The molecule has 13 heavy (non-hydrogen) atoms. The van der Waals surface area contributed by atoms with Crippen LogP contribution in [0.2, 0.25) is 5.02 Å². The van der Waals surface area contributed by atoms with E-state index in [1.807, 2.05) is 0 Å². The lowest BCUT2D eigenvalue weighted by atomic mass is 10.2. The molecule has 0 amide bonds. The Labute approximate surface area is 80.5 Å². The van der Waals surface area contributed by atoms with Crippen molar-refractivity contribution in [2.75, 3.05) is 6.54 Å². The van der Waals surface area contributed by atoms with Crippen LogP contribution in [0.3, 0.4) is 0 Å². The first-order valence-corrected chi connectivity index (χ1v) is 3.92. The molecule has 0 bridgehead atoms. The highest BCUT2D eigenvalue weighted by atomic mass is 35.5. The first-order chi connectivity index (χ1) is 6.18. The van der Waals surface area contributed by atoms with E-state index in [2.05, 4.69) is 11.8 Å². The van der Waals surface area contributed by atoms with Gasteiger partial charge in [-0.2, -0.15) is 0 Å². The van der Waals surface area contributed by atoms with Crippen LogP contribution < -0.4 is 0 Å². The summed E-state index contributed by atoms with van der Waals surface area (Å²) in [5, 5.41) is 10.6. The van der Waals surface area contributed by atoms with Gasteiger partial charge in [0, 0.05) is 15.5 Å². The molecule has 1 aromatic carbocycles. The second-order valence-corrected chi connectivity index (χ2v) is 2.74. The number of nitro groups is 1. The predicted octanol–water partition coefficient (Wildman–Crippen LogP) is 1.97. The zero-order valence-electron chi connectivity index (χ0n) is 6.66. The van der Waals surface area contributed by atoms with Crippen molar-refractivity contribution >= 4 is 11.6 Å². The SMILES string of the molecule is O=[N+]([O-])CC#Cc1ccc(Cl)cc1. The van der Waals surface area contributed by atoms with Crippen molar-refractivity contribution in [1.29, 1.82) is 0 Å². The molecule has 1 rings (SSSR count).